The summed E-state index contributed by atoms with van der Waals surface area (Å²) in [6.07, 6.45) is 4.63. The van der Waals surface area contributed by atoms with Gasteiger partial charge in [0.2, 0.25) is 0 Å². The van der Waals surface area contributed by atoms with Crippen LogP contribution in [0.15, 0.2) is 30.3 Å². The van der Waals surface area contributed by atoms with Crippen molar-refractivity contribution in [1.82, 2.24) is 4.98 Å². The van der Waals surface area contributed by atoms with E-state index in [0.717, 1.165) is 51.6 Å². The fraction of sp³-hybridized carbons (Fsp3) is 0.417. The van der Waals surface area contributed by atoms with Gasteiger partial charge in [-0.15, -0.1) is 0 Å². The lowest BCUT2D eigenvalue weighted by molar-refractivity contribution is -0.856. The summed E-state index contributed by atoms with van der Waals surface area (Å²) in [6.45, 7) is 3.55. The molecule has 0 unspecified atom stereocenters. The van der Waals surface area contributed by atoms with Crippen LogP contribution in [0.2, 0.25) is 0 Å². The van der Waals surface area contributed by atoms with Gasteiger partial charge in [0, 0.05) is 5.56 Å². The molecule has 3 aromatic rings. The van der Waals surface area contributed by atoms with Crippen LogP contribution in [-0.2, 0) is 12.8 Å². The number of anilines is 1. The second-order valence-corrected chi connectivity index (χ2v) is 9.34. The molecule has 0 radical (unpaired) electrons. The van der Waals surface area contributed by atoms with Gasteiger partial charge >= 0.3 is 0 Å². The number of likely N-dealkylation sites (N-methyl/N-ethyl adjacent to an activating group) is 1. The van der Waals surface area contributed by atoms with E-state index in [0.29, 0.717) is 6.54 Å². The molecule has 4 rings (SSSR count). The van der Waals surface area contributed by atoms with Crippen molar-refractivity contribution in [2.45, 2.75) is 32.6 Å². The normalized spacial score (nSPS) is 13.5. The monoisotopic (exact) mass is 424 g/mol. The third-order valence-corrected chi connectivity index (χ3v) is 7.03. The Balaban J connectivity index is 1.74. The Morgan fingerprint density at radius 3 is 2.67 bits per heavy atom. The number of benzene rings is 2. The fourth-order valence-electron chi connectivity index (χ4n) is 4.02. The van der Waals surface area contributed by atoms with E-state index in [4.69, 9.17) is 9.72 Å². The van der Waals surface area contributed by atoms with Crippen LogP contribution in [-0.4, -0.2) is 45.2 Å². The molecule has 1 heterocycles. The summed E-state index contributed by atoms with van der Waals surface area (Å²) in [5.74, 6) is 0.776. The molecule has 1 aliphatic rings. The summed E-state index contributed by atoms with van der Waals surface area (Å²) in [4.78, 5) is 21.6. The summed E-state index contributed by atoms with van der Waals surface area (Å²) in [5.41, 5.74) is 5.45. The van der Waals surface area contributed by atoms with Gasteiger partial charge in [-0.1, -0.05) is 23.5 Å². The third-order valence-electron chi connectivity index (χ3n) is 5.82. The van der Waals surface area contributed by atoms with Crippen LogP contribution in [0.3, 0.4) is 0 Å². The number of amides is 1. The molecule has 1 N–H and O–H groups in total. The number of hydrogen-bond donors (Lipinski definition) is 1. The quantitative estimate of drug-likeness (QED) is 0.661. The van der Waals surface area contributed by atoms with Crippen LogP contribution in [0.5, 0.6) is 5.75 Å². The molecule has 1 aliphatic carbocycles. The smallest absolute Gasteiger partial charge is 0.260 e. The van der Waals surface area contributed by atoms with Gasteiger partial charge < -0.3 is 9.64 Å². The number of methoxy groups -OCH3 is 1. The first-order chi connectivity index (χ1) is 14.5. The maximum Gasteiger partial charge on any atom is 0.260 e. The minimum Gasteiger partial charge on any atom is -0.494 e. The number of ether oxygens (including phenoxy) is 1. The molecule has 1 amide bonds. The van der Waals surface area contributed by atoms with E-state index in [-0.39, 0.29) is 5.91 Å². The van der Waals surface area contributed by atoms with Crippen LogP contribution in [0.25, 0.3) is 10.2 Å². The van der Waals surface area contributed by atoms with Crippen LogP contribution < -0.4 is 14.5 Å². The lowest BCUT2D eigenvalue weighted by atomic mass is 9.90. The maximum atomic E-state index is 13.6. The summed E-state index contributed by atoms with van der Waals surface area (Å²) in [5, 5.41) is 0.738. The second kappa shape index (κ2) is 8.74. The van der Waals surface area contributed by atoms with Crippen molar-refractivity contribution in [3.8, 4) is 5.75 Å². The molecule has 1 aromatic heterocycles. The van der Waals surface area contributed by atoms with Gasteiger partial charge in [-0.3, -0.25) is 9.69 Å². The number of carbonyl (C=O) groups is 1. The van der Waals surface area contributed by atoms with Crippen molar-refractivity contribution in [3.63, 3.8) is 0 Å². The van der Waals surface area contributed by atoms with E-state index < -0.39 is 0 Å². The van der Waals surface area contributed by atoms with E-state index in [1.54, 1.807) is 18.4 Å². The number of hydrogen-bond acceptors (Lipinski definition) is 4. The number of aromatic nitrogens is 1. The Bertz CT molecular complexity index is 1070. The molecule has 2 aromatic carbocycles. The Hall–Kier alpha value is -2.44. The van der Waals surface area contributed by atoms with Gasteiger partial charge in [-0.2, -0.15) is 0 Å². The standard InChI is InChI=1S/C24H29N3O2S/c1-16-9-12-20(29-4)21-22(16)30-24(25-21)27(14-13-26(2)3)23(28)19-11-10-17-7-5-6-8-18(17)15-19/h9-12,15H,5-8,13-14H2,1-4H3/p+1. The first-order valence-electron chi connectivity index (χ1n) is 10.6. The molecule has 6 heteroatoms. The molecule has 0 spiro atoms. The molecular formula is C24H30N3O2S+. The number of carbonyl (C=O) groups excluding carboxylic acids is 1. The average Bonchev–Trinajstić information content (AvgIpc) is 3.19. The third kappa shape index (κ3) is 4.07. The van der Waals surface area contributed by atoms with Crippen LogP contribution in [0.1, 0.15) is 39.9 Å². The Morgan fingerprint density at radius 2 is 1.93 bits per heavy atom. The minimum absolute atomic E-state index is 0.0281. The summed E-state index contributed by atoms with van der Waals surface area (Å²) >= 11 is 1.57. The molecule has 30 heavy (non-hydrogen) atoms. The summed E-state index contributed by atoms with van der Waals surface area (Å²) < 4.78 is 6.59. The minimum atomic E-state index is 0.0281. The predicted octanol–water partition coefficient (Wildman–Crippen LogP) is 3.28. The van der Waals surface area contributed by atoms with Crippen molar-refractivity contribution in [2.24, 2.45) is 0 Å². The van der Waals surface area contributed by atoms with Crippen LogP contribution in [0, 0.1) is 6.92 Å². The van der Waals surface area contributed by atoms with Gasteiger partial charge in [0.25, 0.3) is 5.91 Å². The van der Waals surface area contributed by atoms with Gasteiger partial charge in [-0.25, -0.2) is 4.98 Å². The number of rotatable bonds is 6. The average molecular weight is 425 g/mol. The molecule has 158 valence electrons. The van der Waals surface area contributed by atoms with E-state index in [2.05, 4.69) is 33.2 Å². The number of fused-ring (bicyclic) bond motifs is 2. The van der Waals surface area contributed by atoms with Crippen molar-refractivity contribution >= 4 is 32.6 Å². The second-order valence-electron chi connectivity index (χ2n) is 8.36. The topological polar surface area (TPSA) is 46.9 Å². The highest BCUT2D eigenvalue weighted by atomic mass is 32.1. The van der Waals surface area contributed by atoms with Crippen LogP contribution >= 0.6 is 11.3 Å². The van der Waals surface area contributed by atoms with Gasteiger partial charge in [0.05, 0.1) is 39.0 Å². The van der Waals surface area contributed by atoms with E-state index >= 15 is 0 Å². The molecular weight excluding hydrogens is 394 g/mol. The predicted molar refractivity (Wildman–Crippen MR) is 123 cm³/mol. The van der Waals surface area contributed by atoms with Crippen LogP contribution in [0.4, 0.5) is 5.13 Å². The number of nitrogens with one attached hydrogen (secondary N) is 1. The van der Waals surface area contributed by atoms with E-state index in [9.17, 15) is 4.79 Å². The highest BCUT2D eigenvalue weighted by Crippen LogP contribution is 2.37. The number of thiazole rings is 1. The van der Waals surface area contributed by atoms with Gasteiger partial charge in [0.1, 0.15) is 11.3 Å². The molecule has 0 bridgehead atoms. The molecule has 0 saturated heterocycles. The van der Waals surface area contributed by atoms with Crippen molar-refractivity contribution in [2.75, 3.05) is 39.2 Å². The highest BCUT2D eigenvalue weighted by molar-refractivity contribution is 7.22. The summed E-state index contributed by atoms with van der Waals surface area (Å²) in [7, 11) is 5.87. The summed E-state index contributed by atoms with van der Waals surface area (Å²) in [6, 6.07) is 10.2. The SMILES string of the molecule is COc1ccc(C)c2sc(N(CC[NH+](C)C)C(=O)c3ccc4c(c3)CCCC4)nc12. The zero-order valence-corrected chi connectivity index (χ0v) is 19.1. The molecule has 0 atom stereocenters. The first kappa shape index (κ1) is 20.8. The zero-order valence-electron chi connectivity index (χ0n) is 18.2. The number of aryl methyl sites for hydroxylation is 3. The highest BCUT2D eigenvalue weighted by Gasteiger charge is 2.24. The number of nitrogens with zero attached hydrogens (tertiary/aromatic N) is 2. The zero-order chi connectivity index (χ0) is 21.3. The van der Waals surface area contributed by atoms with Crippen molar-refractivity contribution in [1.29, 1.82) is 0 Å². The molecule has 0 saturated carbocycles. The molecule has 5 nitrogen and oxygen atoms in total. The first-order valence-corrected chi connectivity index (χ1v) is 11.5. The fourth-order valence-corrected chi connectivity index (χ4v) is 5.10. The van der Waals surface area contributed by atoms with Gasteiger partial charge in [-0.05, 0) is 67.5 Å². The Labute approximate surface area is 182 Å². The molecule has 0 aliphatic heterocycles. The van der Waals surface area contributed by atoms with E-state index in [1.807, 2.05) is 23.1 Å². The van der Waals surface area contributed by atoms with Crippen molar-refractivity contribution in [3.05, 3.63) is 52.6 Å². The largest absolute Gasteiger partial charge is 0.494 e. The molecule has 0 fully saturated rings. The van der Waals surface area contributed by atoms with E-state index in [1.165, 1.54) is 28.9 Å². The Kier molecular flexibility index (Phi) is 6.06. The van der Waals surface area contributed by atoms with Crippen molar-refractivity contribution < 1.29 is 14.4 Å². The lowest BCUT2D eigenvalue weighted by Gasteiger charge is -2.22. The lowest BCUT2D eigenvalue weighted by Crippen LogP contribution is -3.06. The Morgan fingerprint density at radius 1 is 1.17 bits per heavy atom. The maximum absolute atomic E-state index is 13.6. The van der Waals surface area contributed by atoms with Gasteiger partial charge in [0.15, 0.2) is 5.13 Å². The number of quaternary nitrogens is 1.